The fraction of sp³-hybridized carbons (Fsp3) is 0.667. The van der Waals surface area contributed by atoms with Crippen molar-refractivity contribution in [2.75, 3.05) is 31.1 Å². The Labute approximate surface area is 124 Å². The largest absolute Gasteiger partial charge is 0.356 e. The van der Waals surface area contributed by atoms with Crippen LogP contribution in [0, 0.1) is 12.8 Å². The van der Waals surface area contributed by atoms with Crippen molar-refractivity contribution in [1.29, 1.82) is 0 Å². The third kappa shape index (κ3) is 4.18. The lowest BCUT2D eigenvalue weighted by Crippen LogP contribution is -2.39. The number of piperidine rings is 1. The molecule has 0 aromatic carbocycles. The van der Waals surface area contributed by atoms with Crippen molar-refractivity contribution in [2.24, 2.45) is 5.92 Å². The molecular weight excluding hydrogens is 302 g/mol. The van der Waals surface area contributed by atoms with Crippen LogP contribution < -0.4 is 10.2 Å². The van der Waals surface area contributed by atoms with Crippen LogP contribution in [-0.2, 0) is 0 Å². The average Bonchev–Trinajstić information content (AvgIpc) is 2.43. The summed E-state index contributed by atoms with van der Waals surface area (Å²) in [5.41, 5.74) is 1.26. The van der Waals surface area contributed by atoms with E-state index in [0.717, 1.165) is 42.3 Å². The number of hydrogen-bond acceptors (Lipinski definition) is 3. The Morgan fingerprint density at radius 3 is 3.00 bits per heavy atom. The molecule has 1 atom stereocenters. The number of pyridine rings is 1. The lowest BCUT2D eigenvalue weighted by atomic mass is 9.99. The molecule has 0 saturated carbocycles. The van der Waals surface area contributed by atoms with E-state index in [1.54, 1.807) is 0 Å². The van der Waals surface area contributed by atoms with E-state index in [-0.39, 0.29) is 0 Å². The van der Waals surface area contributed by atoms with Crippen molar-refractivity contribution >= 4 is 21.7 Å². The SMILES string of the molecule is CCCN(CC1CCCNC1)c1cc(C)c(Br)cn1. The van der Waals surface area contributed by atoms with Gasteiger partial charge in [0.15, 0.2) is 0 Å². The Hall–Kier alpha value is -0.610. The molecular formula is C15H24BrN3. The second-order valence-corrected chi connectivity index (χ2v) is 6.30. The van der Waals surface area contributed by atoms with Gasteiger partial charge in [-0.2, -0.15) is 0 Å². The maximum atomic E-state index is 4.58. The van der Waals surface area contributed by atoms with Crippen LogP contribution in [0.15, 0.2) is 16.7 Å². The van der Waals surface area contributed by atoms with E-state index in [4.69, 9.17) is 0 Å². The van der Waals surface area contributed by atoms with Gasteiger partial charge in [-0.15, -0.1) is 0 Å². The average molecular weight is 326 g/mol. The maximum Gasteiger partial charge on any atom is 0.128 e. The highest BCUT2D eigenvalue weighted by Gasteiger charge is 2.18. The van der Waals surface area contributed by atoms with Crippen LogP contribution in [0.3, 0.4) is 0 Å². The van der Waals surface area contributed by atoms with Crippen LogP contribution in [0.1, 0.15) is 31.7 Å². The lowest BCUT2D eigenvalue weighted by Gasteiger charge is -2.31. The minimum absolute atomic E-state index is 0.756. The summed E-state index contributed by atoms with van der Waals surface area (Å²) >= 11 is 3.52. The molecule has 0 spiro atoms. The number of anilines is 1. The van der Waals surface area contributed by atoms with E-state index in [0.29, 0.717) is 0 Å². The molecule has 1 unspecified atom stereocenters. The summed E-state index contributed by atoms with van der Waals surface area (Å²) in [4.78, 5) is 7.02. The second kappa shape index (κ2) is 7.25. The van der Waals surface area contributed by atoms with Crippen molar-refractivity contribution in [2.45, 2.75) is 33.1 Å². The minimum atomic E-state index is 0.756. The molecule has 0 amide bonds. The van der Waals surface area contributed by atoms with E-state index < -0.39 is 0 Å². The first-order valence-electron chi connectivity index (χ1n) is 7.28. The molecule has 106 valence electrons. The summed E-state index contributed by atoms with van der Waals surface area (Å²) in [6, 6.07) is 2.19. The van der Waals surface area contributed by atoms with Gasteiger partial charge in [0.25, 0.3) is 0 Å². The minimum Gasteiger partial charge on any atom is -0.356 e. The van der Waals surface area contributed by atoms with Crippen molar-refractivity contribution in [3.8, 4) is 0 Å². The van der Waals surface area contributed by atoms with Crippen LogP contribution in [0.2, 0.25) is 0 Å². The van der Waals surface area contributed by atoms with Crippen molar-refractivity contribution in [1.82, 2.24) is 10.3 Å². The molecule has 1 aromatic heterocycles. The first-order valence-corrected chi connectivity index (χ1v) is 8.07. The smallest absolute Gasteiger partial charge is 0.128 e. The second-order valence-electron chi connectivity index (χ2n) is 5.45. The van der Waals surface area contributed by atoms with Crippen LogP contribution in [0.25, 0.3) is 0 Å². The van der Waals surface area contributed by atoms with Crippen LogP contribution in [-0.4, -0.2) is 31.2 Å². The molecule has 0 radical (unpaired) electrons. The zero-order valence-corrected chi connectivity index (χ0v) is 13.5. The number of hydrogen-bond donors (Lipinski definition) is 1. The van der Waals surface area contributed by atoms with Crippen LogP contribution in [0.5, 0.6) is 0 Å². The van der Waals surface area contributed by atoms with Crippen molar-refractivity contribution in [3.63, 3.8) is 0 Å². The normalized spacial score (nSPS) is 19.4. The van der Waals surface area contributed by atoms with E-state index in [9.17, 15) is 0 Å². The fourth-order valence-electron chi connectivity index (χ4n) is 2.66. The maximum absolute atomic E-state index is 4.58. The molecule has 2 heterocycles. The van der Waals surface area contributed by atoms with E-state index in [1.165, 1.54) is 24.9 Å². The zero-order chi connectivity index (χ0) is 13.7. The third-order valence-electron chi connectivity index (χ3n) is 3.73. The van der Waals surface area contributed by atoms with Crippen LogP contribution >= 0.6 is 15.9 Å². The fourth-order valence-corrected chi connectivity index (χ4v) is 2.88. The molecule has 1 N–H and O–H groups in total. The number of nitrogens with one attached hydrogen (secondary N) is 1. The molecule has 1 aliphatic rings. The molecule has 19 heavy (non-hydrogen) atoms. The topological polar surface area (TPSA) is 28.2 Å². The first kappa shape index (κ1) is 14.8. The summed E-state index contributed by atoms with van der Waals surface area (Å²) < 4.78 is 1.09. The van der Waals surface area contributed by atoms with Gasteiger partial charge in [-0.3, -0.25) is 0 Å². The quantitative estimate of drug-likeness (QED) is 0.899. The van der Waals surface area contributed by atoms with E-state index in [2.05, 4.69) is 51.0 Å². The lowest BCUT2D eigenvalue weighted by molar-refractivity contribution is 0.376. The number of nitrogens with zero attached hydrogens (tertiary/aromatic N) is 2. The number of rotatable bonds is 5. The Balaban J connectivity index is 2.07. The molecule has 2 rings (SSSR count). The summed E-state index contributed by atoms with van der Waals surface area (Å²) in [6.45, 7) is 8.90. The number of aryl methyl sites for hydroxylation is 1. The number of halogens is 1. The van der Waals surface area contributed by atoms with Gasteiger partial charge in [0.05, 0.1) is 0 Å². The van der Waals surface area contributed by atoms with Gasteiger partial charge < -0.3 is 10.2 Å². The molecule has 1 aliphatic heterocycles. The van der Waals surface area contributed by atoms with Gasteiger partial charge in [-0.05, 0) is 72.8 Å². The molecule has 1 fully saturated rings. The van der Waals surface area contributed by atoms with E-state index >= 15 is 0 Å². The molecule has 0 bridgehead atoms. The van der Waals surface area contributed by atoms with Crippen LogP contribution in [0.4, 0.5) is 5.82 Å². The highest BCUT2D eigenvalue weighted by Crippen LogP contribution is 2.22. The Kier molecular flexibility index (Phi) is 5.64. The Morgan fingerprint density at radius 1 is 1.53 bits per heavy atom. The van der Waals surface area contributed by atoms with E-state index in [1.807, 2.05) is 6.20 Å². The summed E-state index contributed by atoms with van der Waals surface area (Å²) in [7, 11) is 0. The Bertz CT molecular complexity index is 402. The van der Waals surface area contributed by atoms with Gasteiger partial charge in [0.1, 0.15) is 5.82 Å². The standard InChI is InChI=1S/C15H24BrN3/c1-3-7-19(11-13-5-4-6-17-9-13)15-8-12(2)14(16)10-18-15/h8,10,13,17H,3-7,9,11H2,1-2H3. The summed E-state index contributed by atoms with van der Waals surface area (Å²) in [5, 5.41) is 3.50. The molecule has 1 saturated heterocycles. The van der Waals surface area contributed by atoms with Crippen molar-refractivity contribution < 1.29 is 0 Å². The summed E-state index contributed by atoms with van der Waals surface area (Å²) in [6.07, 6.45) is 5.73. The van der Waals surface area contributed by atoms with Gasteiger partial charge in [-0.1, -0.05) is 6.92 Å². The highest BCUT2D eigenvalue weighted by molar-refractivity contribution is 9.10. The monoisotopic (exact) mass is 325 g/mol. The number of aromatic nitrogens is 1. The zero-order valence-electron chi connectivity index (χ0n) is 12.0. The van der Waals surface area contributed by atoms with Crippen molar-refractivity contribution in [3.05, 3.63) is 22.3 Å². The molecule has 3 nitrogen and oxygen atoms in total. The Morgan fingerprint density at radius 2 is 2.37 bits per heavy atom. The van der Waals surface area contributed by atoms with Gasteiger partial charge >= 0.3 is 0 Å². The predicted molar refractivity (Wildman–Crippen MR) is 84.8 cm³/mol. The van der Waals surface area contributed by atoms with Gasteiger partial charge in [0.2, 0.25) is 0 Å². The molecule has 0 aliphatic carbocycles. The molecule has 1 aromatic rings. The van der Waals surface area contributed by atoms with Gasteiger partial charge in [0, 0.05) is 23.8 Å². The summed E-state index contributed by atoms with van der Waals surface area (Å²) in [5.74, 6) is 1.87. The first-order chi connectivity index (χ1) is 9.20. The molecule has 4 heteroatoms. The highest BCUT2D eigenvalue weighted by atomic mass is 79.9. The van der Waals surface area contributed by atoms with Gasteiger partial charge in [-0.25, -0.2) is 4.98 Å². The predicted octanol–water partition coefficient (Wildman–Crippen LogP) is 3.37. The third-order valence-corrected chi connectivity index (χ3v) is 4.56.